The van der Waals surface area contributed by atoms with E-state index in [0.717, 1.165) is 37.3 Å². The number of imidazole rings is 1. The van der Waals surface area contributed by atoms with E-state index in [4.69, 9.17) is 0 Å². The van der Waals surface area contributed by atoms with Crippen LogP contribution in [-0.2, 0) is 6.54 Å². The van der Waals surface area contributed by atoms with Crippen molar-refractivity contribution in [3.8, 4) is 0 Å². The number of aromatic nitrogens is 4. The van der Waals surface area contributed by atoms with Gasteiger partial charge in [-0.25, -0.2) is 9.37 Å². The maximum Gasteiger partial charge on any atom is 0.271 e. The number of hydrogen-bond donors (Lipinski definition) is 2. The molecule has 136 valence electrons. The zero-order chi connectivity index (χ0) is 18.1. The summed E-state index contributed by atoms with van der Waals surface area (Å²) in [6.45, 7) is 2.40. The molecule has 1 saturated heterocycles. The smallest absolute Gasteiger partial charge is 0.271 e. The minimum Gasteiger partial charge on any atom is -0.354 e. The van der Waals surface area contributed by atoms with E-state index < -0.39 is 0 Å². The van der Waals surface area contributed by atoms with Gasteiger partial charge in [-0.1, -0.05) is 6.07 Å². The molecule has 1 unspecified atom stereocenters. The summed E-state index contributed by atoms with van der Waals surface area (Å²) in [5, 5.41) is 6.99. The molecular weight excluding hydrogens is 335 g/mol. The highest BCUT2D eigenvalue weighted by atomic mass is 19.1. The number of rotatable bonds is 4. The van der Waals surface area contributed by atoms with Gasteiger partial charge in [0.25, 0.3) is 5.91 Å². The number of likely N-dealkylation sites (tertiary alicyclic amines) is 1. The second kappa shape index (κ2) is 6.87. The first-order valence-electron chi connectivity index (χ1n) is 8.77. The molecule has 1 atom stereocenters. The molecule has 1 amide bonds. The van der Waals surface area contributed by atoms with Crippen LogP contribution in [0.15, 0.2) is 30.5 Å². The number of halogens is 1. The van der Waals surface area contributed by atoms with Gasteiger partial charge in [0.15, 0.2) is 5.82 Å². The molecular formula is C18H21FN6O. The number of piperidine rings is 1. The fraction of sp³-hybridized carbons (Fsp3) is 0.389. The van der Waals surface area contributed by atoms with Crippen LogP contribution in [-0.4, -0.2) is 50.7 Å². The summed E-state index contributed by atoms with van der Waals surface area (Å²) in [5.74, 6) is 0.276. The number of hydrogen-bond acceptors (Lipinski definition) is 4. The SMILES string of the molecule is CNC(=O)c1ccn(C2CCCN(Cc3nc4c(F)cccc4[nH]3)C2)n1. The molecule has 0 spiro atoms. The van der Waals surface area contributed by atoms with Gasteiger partial charge in [-0.2, -0.15) is 5.10 Å². The first-order chi connectivity index (χ1) is 12.6. The van der Waals surface area contributed by atoms with Crippen molar-refractivity contribution < 1.29 is 9.18 Å². The molecule has 1 aliphatic rings. The van der Waals surface area contributed by atoms with Gasteiger partial charge >= 0.3 is 0 Å². The number of benzene rings is 1. The average Bonchev–Trinajstić information content (AvgIpc) is 3.29. The van der Waals surface area contributed by atoms with Crippen LogP contribution in [0.25, 0.3) is 11.0 Å². The van der Waals surface area contributed by atoms with Crippen LogP contribution in [0.5, 0.6) is 0 Å². The molecule has 4 rings (SSSR count). The van der Waals surface area contributed by atoms with Crippen LogP contribution in [0.1, 0.15) is 35.2 Å². The van der Waals surface area contributed by atoms with E-state index in [-0.39, 0.29) is 17.8 Å². The van der Waals surface area contributed by atoms with Crippen molar-refractivity contribution >= 4 is 16.9 Å². The van der Waals surface area contributed by atoms with Crippen LogP contribution < -0.4 is 5.32 Å². The Bertz CT molecular complexity index is 933. The van der Waals surface area contributed by atoms with Crippen molar-refractivity contribution in [3.05, 3.63) is 47.8 Å². The Balaban J connectivity index is 1.47. The lowest BCUT2D eigenvalue weighted by Crippen LogP contribution is -2.36. The first kappa shape index (κ1) is 16.7. The van der Waals surface area contributed by atoms with Gasteiger partial charge in [0, 0.05) is 19.8 Å². The molecule has 26 heavy (non-hydrogen) atoms. The molecule has 0 saturated carbocycles. The number of carbonyl (C=O) groups excluding carboxylic acids is 1. The van der Waals surface area contributed by atoms with E-state index in [1.54, 1.807) is 19.2 Å². The molecule has 1 fully saturated rings. The summed E-state index contributed by atoms with van der Waals surface area (Å²) in [4.78, 5) is 21.6. The fourth-order valence-corrected chi connectivity index (χ4v) is 3.52. The zero-order valence-electron chi connectivity index (χ0n) is 14.6. The highest BCUT2D eigenvalue weighted by Crippen LogP contribution is 2.23. The molecule has 1 aliphatic heterocycles. The number of nitrogens with one attached hydrogen (secondary N) is 2. The molecule has 0 aliphatic carbocycles. The highest BCUT2D eigenvalue weighted by Gasteiger charge is 2.23. The number of nitrogens with zero attached hydrogens (tertiary/aromatic N) is 4. The van der Waals surface area contributed by atoms with Crippen molar-refractivity contribution in [2.75, 3.05) is 20.1 Å². The third-order valence-corrected chi connectivity index (χ3v) is 4.81. The summed E-state index contributed by atoms with van der Waals surface area (Å²) < 4.78 is 15.7. The van der Waals surface area contributed by atoms with Gasteiger partial charge in [0.1, 0.15) is 17.0 Å². The van der Waals surface area contributed by atoms with Gasteiger partial charge in [0.05, 0.1) is 18.1 Å². The summed E-state index contributed by atoms with van der Waals surface area (Å²) in [7, 11) is 1.60. The van der Waals surface area contributed by atoms with Crippen LogP contribution in [0.4, 0.5) is 4.39 Å². The second-order valence-corrected chi connectivity index (χ2v) is 6.61. The Kier molecular flexibility index (Phi) is 4.42. The topological polar surface area (TPSA) is 78.8 Å². The van der Waals surface area contributed by atoms with Gasteiger partial charge in [-0.05, 0) is 37.6 Å². The van der Waals surface area contributed by atoms with E-state index in [2.05, 4.69) is 25.3 Å². The summed E-state index contributed by atoms with van der Waals surface area (Å²) in [5.41, 5.74) is 1.53. The van der Waals surface area contributed by atoms with Crippen LogP contribution in [0.2, 0.25) is 0 Å². The standard InChI is InChI=1S/C18H21FN6O/c1-20-18(26)15-7-9-25(23-15)12-4-3-8-24(10-12)11-16-21-14-6-2-5-13(19)17(14)22-16/h2,5-7,9,12H,3-4,8,10-11H2,1H3,(H,20,26)(H,21,22). The van der Waals surface area contributed by atoms with E-state index in [0.29, 0.717) is 17.8 Å². The number of carbonyl (C=O) groups is 1. The lowest BCUT2D eigenvalue weighted by molar-refractivity contribution is 0.0955. The minimum atomic E-state index is -0.306. The van der Waals surface area contributed by atoms with Crippen LogP contribution in [0.3, 0.4) is 0 Å². The van der Waals surface area contributed by atoms with Crippen molar-refractivity contribution in [3.63, 3.8) is 0 Å². The molecule has 0 radical (unpaired) electrons. The van der Waals surface area contributed by atoms with Crippen LogP contribution >= 0.6 is 0 Å². The Morgan fingerprint density at radius 2 is 2.31 bits per heavy atom. The monoisotopic (exact) mass is 356 g/mol. The summed E-state index contributed by atoms with van der Waals surface area (Å²) in [6, 6.07) is 6.88. The molecule has 8 heteroatoms. The number of para-hydroxylation sites is 1. The molecule has 2 aromatic heterocycles. The molecule has 0 bridgehead atoms. The van der Waals surface area contributed by atoms with E-state index in [1.165, 1.54) is 6.07 Å². The Hall–Kier alpha value is -2.74. The maximum atomic E-state index is 13.8. The van der Waals surface area contributed by atoms with Crippen molar-refractivity contribution in [1.29, 1.82) is 0 Å². The average molecular weight is 356 g/mol. The molecule has 2 N–H and O–H groups in total. The van der Waals surface area contributed by atoms with E-state index in [1.807, 2.05) is 16.9 Å². The summed E-state index contributed by atoms with van der Waals surface area (Å²) in [6.07, 6.45) is 3.91. The predicted octanol–water partition coefficient (Wildman–Crippen LogP) is 2.10. The lowest BCUT2D eigenvalue weighted by Gasteiger charge is -2.32. The number of H-pyrrole nitrogens is 1. The van der Waals surface area contributed by atoms with Gasteiger partial charge in [-0.3, -0.25) is 14.4 Å². The number of fused-ring (bicyclic) bond motifs is 1. The minimum absolute atomic E-state index is 0.180. The normalized spacial score (nSPS) is 18.3. The van der Waals surface area contributed by atoms with E-state index >= 15 is 0 Å². The predicted molar refractivity (Wildman–Crippen MR) is 95.2 cm³/mol. The zero-order valence-corrected chi connectivity index (χ0v) is 14.6. The van der Waals surface area contributed by atoms with Gasteiger partial charge in [-0.15, -0.1) is 0 Å². The highest BCUT2D eigenvalue weighted by molar-refractivity contribution is 5.91. The van der Waals surface area contributed by atoms with Crippen LogP contribution in [0, 0.1) is 5.82 Å². The lowest BCUT2D eigenvalue weighted by atomic mass is 10.1. The van der Waals surface area contributed by atoms with Crippen molar-refractivity contribution in [2.24, 2.45) is 0 Å². The van der Waals surface area contributed by atoms with Gasteiger partial charge in [0.2, 0.25) is 0 Å². The number of aromatic amines is 1. The Morgan fingerprint density at radius 1 is 1.42 bits per heavy atom. The fourth-order valence-electron chi connectivity index (χ4n) is 3.52. The Labute approximate surface area is 150 Å². The summed E-state index contributed by atoms with van der Waals surface area (Å²) >= 11 is 0. The second-order valence-electron chi connectivity index (χ2n) is 6.61. The largest absolute Gasteiger partial charge is 0.354 e. The molecule has 3 aromatic rings. The third-order valence-electron chi connectivity index (χ3n) is 4.81. The quantitative estimate of drug-likeness (QED) is 0.750. The van der Waals surface area contributed by atoms with Crippen molar-refractivity contribution in [2.45, 2.75) is 25.4 Å². The number of amides is 1. The third kappa shape index (κ3) is 3.20. The maximum absolute atomic E-state index is 13.8. The molecule has 1 aromatic carbocycles. The Morgan fingerprint density at radius 3 is 3.12 bits per heavy atom. The van der Waals surface area contributed by atoms with Crippen molar-refractivity contribution in [1.82, 2.24) is 30.0 Å². The van der Waals surface area contributed by atoms with E-state index in [9.17, 15) is 9.18 Å². The molecule has 3 heterocycles. The molecule has 7 nitrogen and oxygen atoms in total. The first-order valence-corrected chi connectivity index (χ1v) is 8.77. The van der Waals surface area contributed by atoms with Gasteiger partial charge < -0.3 is 10.3 Å².